The summed E-state index contributed by atoms with van der Waals surface area (Å²) in [7, 11) is 0. The van der Waals surface area contributed by atoms with Crippen LogP contribution < -0.4 is 5.32 Å². The van der Waals surface area contributed by atoms with Crippen molar-refractivity contribution < 1.29 is 4.39 Å². The summed E-state index contributed by atoms with van der Waals surface area (Å²) in [5.74, 6) is 0.225. The number of aromatic nitrogens is 5. The van der Waals surface area contributed by atoms with Crippen molar-refractivity contribution in [2.75, 3.05) is 5.32 Å². The molecule has 0 saturated carbocycles. The van der Waals surface area contributed by atoms with Crippen molar-refractivity contribution in [3.05, 3.63) is 30.0 Å². The molecular weight excluding hydrogens is 199 g/mol. The summed E-state index contributed by atoms with van der Waals surface area (Å²) in [6.07, 6.45) is 1.51. The molecule has 0 bridgehead atoms. The monoisotopic (exact) mass is 208 g/mol. The van der Waals surface area contributed by atoms with E-state index in [0.29, 0.717) is 5.82 Å². The lowest BCUT2D eigenvalue weighted by Gasteiger charge is -2.10. The van der Waals surface area contributed by atoms with E-state index in [2.05, 4.69) is 30.9 Å². The Hall–Kier alpha value is -2.05. The smallest absolute Gasteiger partial charge is 0.196 e. The van der Waals surface area contributed by atoms with Crippen LogP contribution >= 0.6 is 0 Å². The number of hydrogen-bond donors (Lipinski definition) is 2. The Bertz CT molecular complexity index is 428. The van der Waals surface area contributed by atoms with E-state index in [-0.39, 0.29) is 11.9 Å². The molecule has 0 fully saturated rings. The summed E-state index contributed by atoms with van der Waals surface area (Å²) in [5, 5.41) is 16.1. The zero-order valence-electron chi connectivity index (χ0n) is 7.98. The number of rotatable bonds is 3. The molecule has 7 heteroatoms. The van der Waals surface area contributed by atoms with Crippen molar-refractivity contribution in [1.29, 1.82) is 0 Å². The highest BCUT2D eigenvalue weighted by Gasteiger charge is 2.12. The van der Waals surface area contributed by atoms with Crippen molar-refractivity contribution in [1.82, 2.24) is 25.6 Å². The van der Waals surface area contributed by atoms with Gasteiger partial charge in [-0.2, -0.15) is 5.21 Å². The third-order valence-corrected chi connectivity index (χ3v) is 1.86. The molecule has 1 unspecified atom stereocenters. The lowest BCUT2D eigenvalue weighted by molar-refractivity contribution is 0.619. The Labute approximate surface area is 84.9 Å². The molecule has 0 aromatic carbocycles. The third kappa shape index (κ3) is 2.06. The fourth-order valence-corrected chi connectivity index (χ4v) is 1.11. The van der Waals surface area contributed by atoms with Gasteiger partial charge in [-0.15, -0.1) is 10.2 Å². The quantitative estimate of drug-likeness (QED) is 0.783. The van der Waals surface area contributed by atoms with Gasteiger partial charge in [0.25, 0.3) is 0 Å². The van der Waals surface area contributed by atoms with Crippen LogP contribution in [0.4, 0.5) is 10.2 Å². The molecule has 0 aliphatic rings. The maximum atomic E-state index is 13.2. The maximum absolute atomic E-state index is 13.2. The predicted octanol–water partition coefficient (Wildman–Crippen LogP) is 0.907. The van der Waals surface area contributed by atoms with Crippen LogP contribution in [0.5, 0.6) is 0 Å². The summed E-state index contributed by atoms with van der Waals surface area (Å²) in [5.41, 5.74) is 0. The SMILES string of the molecule is CC(Nc1ncccc1F)c1nn[nH]n1. The van der Waals surface area contributed by atoms with Gasteiger partial charge >= 0.3 is 0 Å². The molecule has 0 aliphatic carbocycles. The van der Waals surface area contributed by atoms with Crippen molar-refractivity contribution in [2.24, 2.45) is 0 Å². The van der Waals surface area contributed by atoms with Gasteiger partial charge in [-0.3, -0.25) is 0 Å². The Kier molecular flexibility index (Phi) is 2.53. The molecule has 1 atom stereocenters. The van der Waals surface area contributed by atoms with Gasteiger partial charge < -0.3 is 5.32 Å². The summed E-state index contributed by atoms with van der Waals surface area (Å²) in [4.78, 5) is 3.86. The van der Waals surface area contributed by atoms with Crippen molar-refractivity contribution in [3.8, 4) is 0 Å². The summed E-state index contributed by atoms with van der Waals surface area (Å²) < 4.78 is 13.2. The van der Waals surface area contributed by atoms with E-state index in [9.17, 15) is 4.39 Å². The first-order valence-electron chi connectivity index (χ1n) is 4.38. The number of H-pyrrole nitrogens is 1. The molecule has 0 aliphatic heterocycles. The molecule has 0 saturated heterocycles. The van der Waals surface area contributed by atoms with Crippen LogP contribution in [0, 0.1) is 5.82 Å². The fourth-order valence-electron chi connectivity index (χ4n) is 1.11. The lowest BCUT2D eigenvalue weighted by Crippen LogP contribution is -2.10. The highest BCUT2D eigenvalue weighted by Crippen LogP contribution is 2.15. The lowest BCUT2D eigenvalue weighted by atomic mass is 10.3. The van der Waals surface area contributed by atoms with Crippen LogP contribution in [0.1, 0.15) is 18.8 Å². The van der Waals surface area contributed by atoms with Gasteiger partial charge in [0.15, 0.2) is 17.5 Å². The van der Waals surface area contributed by atoms with E-state index in [4.69, 9.17) is 0 Å². The zero-order chi connectivity index (χ0) is 10.7. The third-order valence-electron chi connectivity index (χ3n) is 1.86. The van der Waals surface area contributed by atoms with E-state index in [1.807, 2.05) is 0 Å². The summed E-state index contributed by atoms with van der Waals surface area (Å²) >= 11 is 0. The Morgan fingerprint density at radius 2 is 2.40 bits per heavy atom. The van der Waals surface area contributed by atoms with Crippen molar-refractivity contribution >= 4 is 5.82 Å². The topological polar surface area (TPSA) is 79.4 Å². The largest absolute Gasteiger partial charge is 0.358 e. The van der Waals surface area contributed by atoms with Gasteiger partial charge in [0.2, 0.25) is 0 Å². The molecule has 78 valence electrons. The van der Waals surface area contributed by atoms with Gasteiger partial charge in [0.1, 0.15) is 0 Å². The molecule has 2 rings (SSSR count). The zero-order valence-corrected chi connectivity index (χ0v) is 7.98. The molecule has 0 radical (unpaired) electrons. The number of tetrazole rings is 1. The van der Waals surface area contributed by atoms with Gasteiger partial charge in [-0.1, -0.05) is 5.21 Å². The highest BCUT2D eigenvalue weighted by molar-refractivity contribution is 5.37. The first-order valence-corrected chi connectivity index (χ1v) is 4.38. The second kappa shape index (κ2) is 3.99. The van der Waals surface area contributed by atoms with Crippen LogP contribution in [-0.2, 0) is 0 Å². The van der Waals surface area contributed by atoms with E-state index in [0.717, 1.165) is 0 Å². The number of anilines is 1. The standard InChI is InChI=1S/C8H9FN6/c1-5(7-12-14-15-13-7)11-8-6(9)3-2-4-10-8/h2-5H,1H3,(H,10,11)(H,12,13,14,15). The van der Waals surface area contributed by atoms with Gasteiger partial charge in [0, 0.05) is 6.20 Å². The van der Waals surface area contributed by atoms with Crippen LogP contribution in [0.2, 0.25) is 0 Å². The van der Waals surface area contributed by atoms with E-state index in [1.165, 1.54) is 18.3 Å². The molecule has 2 heterocycles. The Morgan fingerprint density at radius 1 is 1.53 bits per heavy atom. The first-order chi connectivity index (χ1) is 7.27. The first kappa shape index (κ1) is 9.50. The van der Waals surface area contributed by atoms with Crippen LogP contribution in [0.25, 0.3) is 0 Å². The van der Waals surface area contributed by atoms with Gasteiger partial charge in [0.05, 0.1) is 6.04 Å². The second-order valence-corrected chi connectivity index (χ2v) is 2.97. The summed E-state index contributed by atoms with van der Waals surface area (Å²) in [6.45, 7) is 1.79. The highest BCUT2D eigenvalue weighted by atomic mass is 19.1. The molecule has 2 aromatic heterocycles. The van der Waals surface area contributed by atoms with E-state index < -0.39 is 5.82 Å². The predicted molar refractivity (Wildman–Crippen MR) is 50.4 cm³/mol. The number of aromatic amines is 1. The molecule has 15 heavy (non-hydrogen) atoms. The molecular formula is C8H9FN6. The Morgan fingerprint density at radius 3 is 3.07 bits per heavy atom. The van der Waals surface area contributed by atoms with Gasteiger partial charge in [-0.25, -0.2) is 9.37 Å². The average molecular weight is 208 g/mol. The Balaban J connectivity index is 2.13. The number of halogens is 1. The average Bonchev–Trinajstić information content (AvgIpc) is 2.74. The summed E-state index contributed by atoms with van der Waals surface area (Å²) in [6, 6.07) is 2.60. The van der Waals surface area contributed by atoms with E-state index >= 15 is 0 Å². The minimum atomic E-state index is -0.409. The molecule has 0 spiro atoms. The fraction of sp³-hybridized carbons (Fsp3) is 0.250. The van der Waals surface area contributed by atoms with Crippen LogP contribution in [0.3, 0.4) is 0 Å². The van der Waals surface area contributed by atoms with Gasteiger partial charge in [-0.05, 0) is 19.1 Å². The minimum absolute atomic E-state index is 0.176. The van der Waals surface area contributed by atoms with Crippen molar-refractivity contribution in [2.45, 2.75) is 13.0 Å². The van der Waals surface area contributed by atoms with Crippen LogP contribution in [0.15, 0.2) is 18.3 Å². The minimum Gasteiger partial charge on any atom is -0.358 e. The number of hydrogen-bond acceptors (Lipinski definition) is 5. The molecule has 6 nitrogen and oxygen atoms in total. The number of nitrogens with one attached hydrogen (secondary N) is 2. The van der Waals surface area contributed by atoms with Crippen molar-refractivity contribution in [3.63, 3.8) is 0 Å². The normalized spacial score (nSPS) is 12.4. The number of pyridine rings is 1. The van der Waals surface area contributed by atoms with E-state index in [1.54, 1.807) is 6.92 Å². The number of nitrogens with zero attached hydrogens (tertiary/aromatic N) is 4. The van der Waals surface area contributed by atoms with Crippen LogP contribution in [-0.4, -0.2) is 25.6 Å². The molecule has 2 N–H and O–H groups in total. The molecule has 2 aromatic rings. The molecule has 0 amide bonds. The maximum Gasteiger partial charge on any atom is 0.196 e. The second-order valence-electron chi connectivity index (χ2n) is 2.97.